The Hall–Kier alpha value is -0.780. The lowest BCUT2D eigenvalue weighted by atomic mass is 10.0. The largest absolute Gasteiger partial charge is 0.449 e. The number of sulfonamides is 1. The molecule has 0 heterocycles. The SMILES string of the molecule is CCCCCCN(C(=O)OCC)S(=O)(=O)C1CCCCC1. The summed E-state index contributed by atoms with van der Waals surface area (Å²) in [7, 11) is -3.57. The fourth-order valence-electron chi connectivity index (χ4n) is 2.74. The van der Waals surface area contributed by atoms with Gasteiger partial charge in [-0.05, 0) is 26.2 Å². The van der Waals surface area contributed by atoms with Crippen molar-refractivity contribution in [2.24, 2.45) is 0 Å². The normalized spacial score (nSPS) is 16.7. The molecular formula is C15H29NO4S. The second kappa shape index (κ2) is 9.28. The van der Waals surface area contributed by atoms with Crippen LogP contribution in [0.1, 0.15) is 71.6 Å². The first kappa shape index (κ1) is 18.3. The van der Waals surface area contributed by atoms with Crippen LogP contribution in [0, 0.1) is 0 Å². The molecule has 1 rings (SSSR count). The first-order valence-electron chi connectivity index (χ1n) is 8.22. The number of carbonyl (C=O) groups is 1. The quantitative estimate of drug-likeness (QED) is 0.640. The summed E-state index contributed by atoms with van der Waals surface area (Å²) in [6, 6.07) is 0. The molecule has 0 spiro atoms. The molecule has 0 aromatic rings. The van der Waals surface area contributed by atoms with Gasteiger partial charge in [0.2, 0.25) is 10.0 Å². The number of hydrogen-bond donors (Lipinski definition) is 0. The number of ether oxygens (including phenoxy) is 1. The average molecular weight is 319 g/mol. The summed E-state index contributed by atoms with van der Waals surface area (Å²) in [6.45, 7) is 4.24. The van der Waals surface area contributed by atoms with E-state index in [1.54, 1.807) is 6.92 Å². The van der Waals surface area contributed by atoms with Crippen molar-refractivity contribution in [1.29, 1.82) is 0 Å². The molecule has 1 aliphatic carbocycles. The van der Waals surface area contributed by atoms with E-state index in [-0.39, 0.29) is 13.2 Å². The van der Waals surface area contributed by atoms with Crippen LogP contribution in [-0.4, -0.2) is 37.2 Å². The molecule has 0 aliphatic heterocycles. The summed E-state index contributed by atoms with van der Waals surface area (Å²) >= 11 is 0. The molecule has 21 heavy (non-hydrogen) atoms. The van der Waals surface area contributed by atoms with Crippen molar-refractivity contribution in [3.05, 3.63) is 0 Å². The molecule has 0 aromatic carbocycles. The number of amides is 1. The molecule has 0 atom stereocenters. The van der Waals surface area contributed by atoms with Crippen LogP contribution in [0.15, 0.2) is 0 Å². The summed E-state index contributed by atoms with van der Waals surface area (Å²) in [4.78, 5) is 12.0. The van der Waals surface area contributed by atoms with Gasteiger partial charge in [0, 0.05) is 6.54 Å². The van der Waals surface area contributed by atoms with Gasteiger partial charge in [-0.2, -0.15) is 0 Å². The third kappa shape index (κ3) is 5.49. The topological polar surface area (TPSA) is 63.7 Å². The lowest BCUT2D eigenvalue weighted by Gasteiger charge is -2.29. The van der Waals surface area contributed by atoms with Crippen LogP contribution in [-0.2, 0) is 14.8 Å². The summed E-state index contributed by atoms with van der Waals surface area (Å²) in [5.74, 6) is 0. The average Bonchev–Trinajstić information content (AvgIpc) is 2.48. The van der Waals surface area contributed by atoms with Crippen molar-refractivity contribution in [2.75, 3.05) is 13.2 Å². The third-order valence-corrected chi connectivity index (χ3v) is 6.23. The maximum atomic E-state index is 12.7. The van der Waals surface area contributed by atoms with Crippen LogP contribution in [0.3, 0.4) is 0 Å². The lowest BCUT2D eigenvalue weighted by Crippen LogP contribution is -2.44. The lowest BCUT2D eigenvalue weighted by molar-refractivity contribution is 0.130. The molecule has 6 heteroatoms. The Morgan fingerprint density at radius 2 is 1.76 bits per heavy atom. The molecule has 0 radical (unpaired) electrons. The highest BCUT2D eigenvalue weighted by Gasteiger charge is 2.36. The summed E-state index contributed by atoms with van der Waals surface area (Å²) in [6.07, 6.45) is 7.33. The van der Waals surface area contributed by atoms with E-state index in [1.165, 1.54) is 0 Å². The minimum Gasteiger partial charge on any atom is -0.449 e. The van der Waals surface area contributed by atoms with Crippen molar-refractivity contribution in [3.63, 3.8) is 0 Å². The van der Waals surface area contributed by atoms with Crippen molar-refractivity contribution >= 4 is 16.1 Å². The number of rotatable bonds is 8. The minimum atomic E-state index is -3.57. The molecule has 1 saturated carbocycles. The van der Waals surface area contributed by atoms with E-state index < -0.39 is 21.4 Å². The Bertz CT molecular complexity index is 402. The van der Waals surface area contributed by atoms with Crippen molar-refractivity contribution in [1.82, 2.24) is 4.31 Å². The fourth-order valence-corrected chi connectivity index (χ4v) is 4.68. The van der Waals surface area contributed by atoms with Crippen LogP contribution >= 0.6 is 0 Å². The van der Waals surface area contributed by atoms with E-state index in [0.29, 0.717) is 19.3 Å². The maximum Gasteiger partial charge on any atom is 0.423 e. The molecule has 5 nitrogen and oxygen atoms in total. The smallest absolute Gasteiger partial charge is 0.423 e. The zero-order valence-electron chi connectivity index (χ0n) is 13.3. The highest BCUT2D eigenvalue weighted by Crippen LogP contribution is 2.26. The second-order valence-electron chi connectivity index (χ2n) is 5.64. The number of carbonyl (C=O) groups excluding carboxylic acids is 1. The first-order valence-corrected chi connectivity index (χ1v) is 9.72. The summed E-state index contributed by atoms with van der Waals surface area (Å²) in [5, 5.41) is -0.415. The van der Waals surface area contributed by atoms with Gasteiger partial charge < -0.3 is 4.74 Å². The van der Waals surface area contributed by atoms with Crippen LogP contribution in [0.25, 0.3) is 0 Å². The van der Waals surface area contributed by atoms with Gasteiger partial charge in [-0.15, -0.1) is 0 Å². The zero-order valence-corrected chi connectivity index (χ0v) is 14.2. The predicted octanol–water partition coefficient (Wildman–Crippen LogP) is 3.69. The van der Waals surface area contributed by atoms with Crippen LogP contribution < -0.4 is 0 Å². The summed E-state index contributed by atoms with van der Waals surface area (Å²) < 4.78 is 31.3. The van der Waals surface area contributed by atoms with Crippen LogP contribution in [0.4, 0.5) is 4.79 Å². The van der Waals surface area contributed by atoms with E-state index in [9.17, 15) is 13.2 Å². The van der Waals surface area contributed by atoms with Gasteiger partial charge in [0.15, 0.2) is 0 Å². The molecule has 0 aromatic heterocycles. The van der Waals surface area contributed by atoms with Gasteiger partial charge in [-0.25, -0.2) is 17.5 Å². The number of unbranched alkanes of at least 4 members (excludes halogenated alkanes) is 3. The standard InChI is InChI=1S/C15H29NO4S/c1-3-5-6-10-13-16(15(17)20-4-2)21(18,19)14-11-8-7-9-12-14/h14H,3-13H2,1-2H3. The van der Waals surface area contributed by atoms with Crippen LogP contribution in [0.2, 0.25) is 0 Å². The first-order chi connectivity index (χ1) is 10.0. The minimum absolute atomic E-state index is 0.199. The van der Waals surface area contributed by atoms with Gasteiger partial charge in [-0.3, -0.25) is 0 Å². The van der Waals surface area contributed by atoms with Gasteiger partial charge in [0.1, 0.15) is 0 Å². The highest BCUT2D eigenvalue weighted by molar-refractivity contribution is 7.90. The number of hydrogen-bond acceptors (Lipinski definition) is 4. The molecule has 1 fully saturated rings. The molecule has 0 N–H and O–H groups in total. The Morgan fingerprint density at radius 1 is 1.10 bits per heavy atom. The molecular weight excluding hydrogens is 290 g/mol. The van der Waals surface area contributed by atoms with E-state index in [0.717, 1.165) is 42.8 Å². The van der Waals surface area contributed by atoms with E-state index >= 15 is 0 Å². The monoisotopic (exact) mass is 319 g/mol. The summed E-state index contributed by atoms with van der Waals surface area (Å²) in [5.41, 5.74) is 0. The molecule has 0 bridgehead atoms. The van der Waals surface area contributed by atoms with Crippen molar-refractivity contribution in [2.45, 2.75) is 76.9 Å². The van der Waals surface area contributed by atoms with Gasteiger partial charge in [0.05, 0.1) is 11.9 Å². The molecule has 1 amide bonds. The molecule has 124 valence electrons. The Kier molecular flexibility index (Phi) is 8.07. The van der Waals surface area contributed by atoms with Crippen LogP contribution in [0.5, 0.6) is 0 Å². The predicted molar refractivity (Wildman–Crippen MR) is 83.7 cm³/mol. The second-order valence-corrected chi connectivity index (χ2v) is 7.77. The maximum absolute atomic E-state index is 12.7. The number of nitrogens with zero attached hydrogens (tertiary/aromatic N) is 1. The van der Waals surface area contributed by atoms with Gasteiger partial charge in [-0.1, -0.05) is 45.4 Å². The Morgan fingerprint density at radius 3 is 2.33 bits per heavy atom. The van der Waals surface area contributed by atoms with E-state index in [1.807, 2.05) is 0 Å². The van der Waals surface area contributed by atoms with E-state index in [2.05, 4.69) is 6.92 Å². The Balaban J connectivity index is 2.74. The van der Waals surface area contributed by atoms with Gasteiger partial charge in [0.25, 0.3) is 0 Å². The van der Waals surface area contributed by atoms with Gasteiger partial charge >= 0.3 is 6.09 Å². The fraction of sp³-hybridized carbons (Fsp3) is 0.933. The van der Waals surface area contributed by atoms with E-state index in [4.69, 9.17) is 4.74 Å². The Labute approximate surface area is 129 Å². The zero-order chi connectivity index (χ0) is 15.7. The molecule has 0 unspecified atom stereocenters. The molecule has 1 aliphatic rings. The molecule has 0 saturated heterocycles. The third-order valence-electron chi connectivity index (χ3n) is 3.97. The highest BCUT2D eigenvalue weighted by atomic mass is 32.2. The van der Waals surface area contributed by atoms with Crippen molar-refractivity contribution in [3.8, 4) is 0 Å². The van der Waals surface area contributed by atoms with Crippen molar-refractivity contribution < 1.29 is 17.9 Å².